The van der Waals surface area contributed by atoms with Gasteiger partial charge in [0.2, 0.25) is 0 Å². The third-order valence-electron chi connectivity index (χ3n) is 3.10. The Kier molecular flexibility index (Phi) is 5.72. The van der Waals surface area contributed by atoms with Crippen LogP contribution in [0.4, 0.5) is 4.79 Å². The molecule has 0 bridgehead atoms. The lowest BCUT2D eigenvalue weighted by Gasteiger charge is -2.07. The topological polar surface area (TPSA) is 55.4 Å². The van der Waals surface area contributed by atoms with Crippen LogP contribution in [0.1, 0.15) is 21.5 Å². The van der Waals surface area contributed by atoms with Crippen LogP contribution < -0.4 is 5.32 Å². The molecule has 0 aliphatic heterocycles. The minimum atomic E-state index is -0.608. The van der Waals surface area contributed by atoms with Crippen molar-refractivity contribution in [1.82, 2.24) is 5.32 Å². The number of aryl methyl sites for hydroxylation is 1. The molecule has 0 aliphatic rings. The highest BCUT2D eigenvalue weighted by molar-refractivity contribution is 9.10. The van der Waals surface area contributed by atoms with E-state index < -0.39 is 6.09 Å². The number of carbonyl (C=O) groups excluding carboxylic acids is 2. The second-order valence-electron chi connectivity index (χ2n) is 4.80. The van der Waals surface area contributed by atoms with Crippen LogP contribution in [0.3, 0.4) is 0 Å². The molecule has 5 heteroatoms. The Morgan fingerprint density at radius 2 is 1.86 bits per heavy atom. The van der Waals surface area contributed by atoms with Gasteiger partial charge in [-0.2, -0.15) is 0 Å². The van der Waals surface area contributed by atoms with E-state index in [4.69, 9.17) is 4.74 Å². The van der Waals surface area contributed by atoms with E-state index in [0.29, 0.717) is 5.56 Å². The van der Waals surface area contributed by atoms with E-state index in [2.05, 4.69) is 21.2 Å². The smallest absolute Gasteiger partial charge is 0.407 e. The first kappa shape index (κ1) is 16.2. The van der Waals surface area contributed by atoms with Crippen LogP contribution in [-0.4, -0.2) is 18.4 Å². The number of Topliss-reactive ketones (excluding diaryl/α,β-unsaturated/α-hetero) is 1. The molecule has 0 fully saturated rings. The summed E-state index contributed by atoms with van der Waals surface area (Å²) in [5.41, 5.74) is 2.49. The molecule has 2 aromatic rings. The van der Waals surface area contributed by atoms with Crippen LogP contribution in [-0.2, 0) is 11.3 Å². The average molecular weight is 362 g/mol. The number of hydrogen-bond acceptors (Lipinski definition) is 3. The van der Waals surface area contributed by atoms with E-state index in [-0.39, 0.29) is 18.9 Å². The number of ketones is 1. The third kappa shape index (κ3) is 4.70. The van der Waals surface area contributed by atoms with Gasteiger partial charge < -0.3 is 10.1 Å². The lowest BCUT2D eigenvalue weighted by atomic mass is 10.1. The molecule has 0 unspecified atom stereocenters. The van der Waals surface area contributed by atoms with Gasteiger partial charge in [-0.25, -0.2) is 4.79 Å². The normalized spacial score (nSPS) is 10.1. The van der Waals surface area contributed by atoms with Crippen LogP contribution in [0.15, 0.2) is 53.0 Å². The predicted octanol–water partition coefficient (Wildman–Crippen LogP) is 3.87. The van der Waals surface area contributed by atoms with E-state index in [1.807, 2.05) is 43.3 Å². The molecule has 4 nitrogen and oxygen atoms in total. The number of halogens is 1. The highest BCUT2D eigenvalue weighted by atomic mass is 79.9. The Hall–Kier alpha value is -2.14. The van der Waals surface area contributed by atoms with Crippen molar-refractivity contribution in [1.29, 1.82) is 0 Å². The lowest BCUT2D eigenvalue weighted by Crippen LogP contribution is -2.30. The zero-order valence-electron chi connectivity index (χ0n) is 12.1. The Bertz CT molecular complexity index is 671. The van der Waals surface area contributed by atoms with Crippen LogP contribution >= 0.6 is 15.9 Å². The third-order valence-corrected chi connectivity index (χ3v) is 3.95. The molecule has 0 saturated heterocycles. The quantitative estimate of drug-likeness (QED) is 0.822. The zero-order chi connectivity index (χ0) is 15.9. The maximum Gasteiger partial charge on any atom is 0.407 e. The molecule has 22 heavy (non-hydrogen) atoms. The summed E-state index contributed by atoms with van der Waals surface area (Å²) in [7, 11) is 0. The summed E-state index contributed by atoms with van der Waals surface area (Å²) in [5.74, 6) is -0.169. The molecule has 114 valence electrons. The second kappa shape index (κ2) is 7.75. The van der Waals surface area contributed by atoms with Gasteiger partial charge in [0.05, 0.1) is 6.54 Å². The number of carbonyl (C=O) groups is 2. The van der Waals surface area contributed by atoms with Crippen molar-refractivity contribution in [2.45, 2.75) is 13.5 Å². The maximum absolute atomic E-state index is 12.0. The van der Waals surface area contributed by atoms with Gasteiger partial charge in [0.1, 0.15) is 6.61 Å². The predicted molar refractivity (Wildman–Crippen MR) is 87.8 cm³/mol. The summed E-state index contributed by atoms with van der Waals surface area (Å²) in [6.45, 7) is 2.03. The average Bonchev–Trinajstić information content (AvgIpc) is 2.54. The minimum absolute atomic E-state index is 0.0941. The number of hydrogen-bond donors (Lipinski definition) is 1. The van der Waals surface area contributed by atoms with Gasteiger partial charge in [-0.1, -0.05) is 58.4 Å². The molecule has 2 aromatic carbocycles. The van der Waals surface area contributed by atoms with E-state index in [1.165, 1.54) is 0 Å². The number of nitrogens with one attached hydrogen (secondary N) is 1. The van der Waals surface area contributed by atoms with Gasteiger partial charge in [0, 0.05) is 10.0 Å². The van der Waals surface area contributed by atoms with Crippen molar-refractivity contribution in [3.05, 3.63) is 69.7 Å². The molecule has 0 atom stereocenters. The molecule has 0 saturated carbocycles. The number of alkyl carbamates (subject to hydrolysis) is 1. The summed E-state index contributed by atoms with van der Waals surface area (Å²) >= 11 is 3.38. The highest BCUT2D eigenvalue weighted by Crippen LogP contribution is 2.17. The number of amides is 1. The molecule has 0 spiro atoms. The van der Waals surface area contributed by atoms with Gasteiger partial charge in [-0.05, 0) is 24.1 Å². The molecule has 0 aromatic heterocycles. The first-order valence-corrected chi connectivity index (χ1v) is 7.59. The Morgan fingerprint density at radius 1 is 1.14 bits per heavy atom. The van der Waals surface area contributed by atoms with Crippen molar-refractivity contribution in [3.63, 3.8) is 0 Å². The summed E-state index contributed by atoms with van der Waals surface area (Å²) in [4.78, 5) is 23.6. The largest absolute Gasteiger partial charge is 0.445 e. The fourth-order valence-corrected chi connectivity index (χ4v) is 2.17. The van der Waals surface area contributed by atoms with Crippen molar-refractivity contribution in [3.8, 4) is 0 Å². The number of ether oxygens (including phenoxy) is 1. The SMILES string of the molecule is Cc1ccc(C(=O)CNC(=O)OCc2ccccc2)cc1Br. The standard InChI is InChI=1S/C17H16BrNO3/c1-12-7-8-14(9-15(12)18)16(20)10-19-17(21)22-11-13-5-3-2-4-6-13/h2-9H,10-11H2,1H3,(H,19,21). The second-order valence-corrected chi connectivity index (χ2v) is 5.66. The van der Waals surface area contributed by atoms with Crippen LogP contribution in [0, 0.1) is 6.92 Å². The molecule has 1 amide bonds. The molecule has 0 aliphatic carbocycles. The van der Waals surface area contributed by atoms with E-state index >= 15 is 0 Å². The van der Waals surface area contributed by atoms with E-state index in [9.17, 15) is 9.59 Å². The van der Waals surface area contributed by atoms with Crippen molar-refractivity contribution < 1.29 is 14.3 Å². The van der Waals surface area contributed by atoms with Crippen molar-refractivity contribution in [2.24, 2.45) is 0 Å². The van der Waals surface area contributed by atoms with Crippen LogP contribution in [0.2, 0.25) is 0 Å². The zero-order valence-corrected chi connectivity index (χ0v) is 13.7. The summed E-state index contributed by atoms with van der Waals surface area (Å²) in [5, 5.41) is 2.46. The van der Waals surface area contributed by atoms with Gasteiger partial charge >= 0.3 is 6.09 Å². The number of rotatable bonds is 5. The van der Waals surface area contributed by atoms with Gasteiger partial charge in [-0.3, -0.25) is 4.79 Å². The Balaban J connectivity index is 1.80. The maximum atomic E-state index is 12.0. The molecule has 0 radical (unpaired) electrons. The molecule has 0 heterocycles. The monoisotopic (exact) mass is 361 g/mol. The first-order valence-electron chi connectivity index (χ1n) is 6.80. The molecule has 1 N–H and O–H groups in total. The van der Waals surface area contributed by atoms with Crippen LogP contribution in [0.5, 0.6) is 0 Å². The van der Waals surface area contributed by atoms with Gasteiger partial charge in [0.25, 0.3) is 0 Å². The van der Waals surface area contributed by atoms with E-state index in [1.54, 1.807) is 12.1 Å². The Labute approximate surface area is 137 Å². The molecular formula is C17H16BrNO3. The lowest BCUT2D eigenvalue weighted by molar-refractivity contribution is 0.0974. The fraction of sp³-hybridized carbons (Fsp3) is 0.176. The van der Waals surface area contributed by atoms with Crippen molar-refractivity contribution >= 4 is 27.8 Å². The van der Waals surface area contributed by atoms with Gasteiger partial charge in [-0.15, -0.1) is 0 Å². The summed E-state index contributed by atoms with van der Waals surface area (Å²) in [6.07, 6.45) is -0.608. The summed E-state index contributed by atoms with van der Waals surface area (Å²) in [6, 6.07) is 14.7. The fourth-order valence-electron chi connectivity index (χ4n) is 1.79. The number of benzene rings is 2. The Morgan fingerprint density at radius 3 is 2.55 bits per heavy atom. The van der Waals surface area contributed by atoms with Crippen LogP contribution in [0.25, 0.3) is 0 Å². The highest BCUT2D eigenvalue weighted by Gasteiger charge is 2.10. The minimum Gasteiger partial charge on any atom is -0.445 e. The van der Waals surface area contributed by atoms with Crippen molar-refractivity contribution in [2.75, 3.05) is 6.54 Å². The van der Waals surface area contributed by atoms with Gasteiger partial charge in [0.15, 0.2) is 5.78 Å². The molecule has 2 rings (SSSR count). The summed E-state index contributed by atoms with van der Waals surface area (Å²) < 4.78 is 5.91. The van der Waals surface area contributed by atoms with E-state index in [0.717, 1.165) is 15.6 Å². The molecular weight excluding hydrogens is 346 g/mol. The first-order chi connectivity index (χ1) is 10.6.